The topological polar surface area (TPSA) is 58.0 Å². The quantitative estimate of drug-likeness (QED) is 0.908. The van der Waals surface area contributed by atoms with Gasteiger partial charge in [-0.2, -0.15) is 22.5 Å². The maximum Gasteiger partial charge on any atom is 0.452 e. The molecule has 0 radical (unpaired) electrons. The van der Waals surface area contributed by atoms with Crippen molar-refractivity contribution >= 4 is 16.7 Å². The second-order valence-corrected chi connectivity index (χ2v) is 4.48. The van der Waals surface area contributed by atoms with Crippen molar-refractivity contribution in [1.82, 2.24) is 9.36 Å². The van der Waals surface area contributed by atoms with Gasteiger partial charge in [-0.3, -0.25) is 0 Å². The average Bonchev–Trinajstić information content (AvgIpc) is 2.86. The predicted molar refractivity (Wildman–Crippen MR) is 64.8 cm³/mol. The van der Waals surface area contributed by atoms with Crippen LogP contribution in [0.3, 0.4) is 0 Å². The van der Waals surface area contributed by atoms with Crippen molar-refractivity contribution in [2.45, 2.75) is 12.3 Å². The standard InChI is InChI=1S/C11H10F3N3OS/c12-11(13,14)9-16-10(19-17-9)15-6-8(18)7-4-2-1-3-5-7/h1-5,8,18H,6H2,(H,15,16,17). The van der Waals surface area contributed by atoms with E-state index in [2.05, 4.69) is 14.7 Å². The van der Waals surface area contributed by atoms with Gasteiger partial charge in [-0.15, -0.1) is 0 Å². The Kier molecular flexibility index (Phi) is 4.01. The Balaban J connectivity index is 1.94. The number of alkyl halides is 3. The monoisotopic (exact) mass is 289 g/mol. The van der Waals surface area contributed by atoms with E-state index in [0.717, 1.165) is 0 Å². The number of nitrogens with one attached hydrogen (secondary N) is 1. The lowest BCUT2D eigenvalue weighted by molar-refractivity contribution is -0.144. The molecule has 2 aromatic rings. The van der Waals surface area contributed by atoms with Crippen molar-refractivity contribution in [3.8, 4) is 0 Å². The number of aliphatic hydroxyl groups excluding tert-OH is 1. The third-order valence-electron chi connectivity index (χ3n) is 2.31. The molecule has 0 bridgehead atoms. The van der Waals surface area contributed by atoms with Gasteiger partial charge in [0.1, 0.15) is 0 Å². The van der Waals surface area contributed by atoms with Crippen LogP contribution in [0.5, 0.6) is 0 Å². The highest BCUT2D eigenvalue weighted by Crippen LogP contribution is 2.29. The van der Waals surface area contributed by atoms with Crippen molar-refractivity contribution in [3.63, 3.8) is 0 Å². The molecule has 0 fully saturated rings. The number of nitrogens with zero attached hydrogens (tertiary/aromatic N) is 2. The van der Waals surface area contributed by atoms with Gasteiger partial charge in [0.2, 0.25) is 11.0 Å². The van der Waals surface area contributed by atoms with Crippen LogP contribution in [-0.4, -0.2) is 21.0 Å². The molecule has 1 aromatic carbocycles. The zero-order valence-corrected chi connectivity index (χ0v) is 10.4. The molecule has 19 heavy (non-hydrogen) atoms. The second-order valence-electron chi connectivity index (χ2n) is 3.73. The maximum absolute atomic E-state index is 12.3. The first-order valence-electron chi connectivity index (χ1n) is 5.34. The van der Waals surface area contributed by atoms with E-state index in [-0.39, 0.29) is 11.7 Å². The third kappa shape index (κ3) is 3.65. The largest absolute Gasteiger partial charge is 0.452 e. The molecule has 1 atom stereocenters. The van der Waals surface area contributed by atoms with Gasteiger partial charge in [0.15, 0.2) is 0 Å². The summed E-state index contributed by atoms with van der Waals surface area (Å²) in [7, 11) is 0. The van der Waals surface area contributed by atoms with E-state index in [0.29, 0.717) is 17.1 Å². The van der Waals surface area contributed by atoms with Crippen molar-refractivity contribution < 1.29 is 18.3 Å². The molecular formula is C11H10F3N3OS. The van der Waals surface area contributed by atoms with Crippen LogP contribution in [0, 0.1) is 0 Å². The van der Waals surface area contributed by atoms with E-state index in [9.17, 15) is 18.3 Å². The molecule has 0 spiro atoms. The number of hydrogen-bond acceptors (Lipinski definition) is 5. The first kappa shape index (κ1) is 13.8. The third-order valence-corrected chi connectivity index (χ3v) is 2.98. The Morgan fingerprint density at radius 2 is 1.95 bits per heavy atom. The van der Waals surface area contributed by atoms with E-state index in [4.69, 9.17) is 0 Å². The fourth-order valence-electron chi connectivity index (χ4n) is 1.39. The molecule has 0 aliphatic heterocycles. The average molecular weight is 289 g/mol. The number of anilines is 1. The summed E-state index contributed by atoms with van der Waals surface area (Å²) in [4.78, 5) is 3.31. The molecule has 1 unspecified atom stereocenters. The molecular weight excluding hydrogens is 279 g/mol. The molecule has 0 amide bonds. The Bertz CT molecular complexity index is 529. The molecule has 1 aromatic heterocycles. The van der Waals surface area contributed by atoms with Gasteiger partial charge in [-0.1, -0.05) is 30.3 Å². The van der Waals surface area contributed by atoms with Crippen LogP contribution < -0.4 is 5.32 Å². The van der Waals surface area contributed by atoms with Gasteiger partial charge in [0, 0.05) is 18.1 Å². The van der Waals surface area contributed by atoms with Gasteiger partial charge < -0.3 is 10.4 Å². The molecule has 0 aliphatic carbocycles. The van der Waals surface area contributed by atoms with Crippen molar-refractivity contribution in [2.75, 3.05) is 11.9 Å². The molecule has 0 saturated heterocycles. The first-order valence-corrected chi connectivity index (χ1v) is 6.12. The summed E-state index contributed by atoms with van der Waals surface area (Å²) < 4.78 is 40.0. The lowest BCUT2D eigenvalue weighted by atomic mass is 10.1. The van der Waals surface area contributed by atoms with E-state index in [1.807, 2.05) is 6.07 Å². The Morgan fingerprint density at radius 1 is 1.26 bits per heavy atom. The second kappa shape index (κ2) is 5.54. The Labute approximate surface area is 111 Å². The highest BCUT2D eigenvalue weighted by molar-refractivity contribution is 7.09. The molecule has 8 heteroatoms. The minimum Gasteiger partial charge on any atom is -0.387 e. The summed E-state index contributed by atoms with van der Waals surface area (Å²) in [5.41, 5.74) is 0.676. The van der Waals surface area contributed by atoms with Gasteiger partial charge in [0.05, 0.1) is 6.10 Å². The van der Waals surface area contributed by atoms with Gasteiger partial charge in [-0.05, 0) is 5.56 Å². The SMILES string of the molecule is OC(CNc1nc(C(F)(F)F)ns1)c1ccccc1. The highest BCUT2D eigenvalue weighted by atomic mass is 32.1. The van der Waals surface area contributed by atoms with Crippen LogP contribution in [0.4, 0.5) is 18.3 Å². The van der Waals surface area contributed by atoms with Gasteiger partial charge in [0.25, 0.3) is 0 Å². The van der Waals surface area contributed by atoms with Crippen LogP contribution in [0.2, 0.25) is 0 Å². The molecule has 2 rings (SSSR count). The molecule has 2 N–H and O–H groups in total. The van der Waals surface area contributed by atoms with Crippen LogP contribution in [0.25, 0.3) is 0 Å². The number of rotatable bonds is 4. The van der Waals surface area contributed by atoms with Crippen molar-refractivity contribution in [3.05, 3.63) is 41.7 Å². The fraction of sp³-hybridized carbons (Fsp3) is 0.273. The number of aromatic nitrogens is 2. The minimum atomic E-state index is -4.55. The number of aliphatic hydroxyl groups is 1. The minimum absolute atomic E-state index is 0.0299. The van der Waals surface area contributed by atoms with Crippen molar-refractivity contribution in [1.29, 1.82) is 0 Å². The van der Waals surface area contributed by atoms with E-state index >= 15 is 0 Å². The number of hydrogen-bond donors (Lipinski definition) is 2. The Hall–Kier alpha value is -1.67. The van der Waals surface area contributed by atoms with E-state index in [1.165, 1.54) is 0 Å². The van der Waals surface area contributed by atoms with Crippen LogP contribution in [0.1, 0.15) is 17.5 Å². The van der Waals surface area contributed by atoms with Crippen LogP contribution in [-0.2, 0) is 6.18 Å². The molecule has 1 heterocycles. The summed E-state index contributed by atoms with van der Waals surface area (Å²) >= 11 is 0.610. The Morgan fingerprint density at radius 3 is 2.53 bits per heavy atom. The number of benzene rings is 1. The molecule has 4 nitrogen and oxygen atoms in total. The fourth-order valence-corrected chi connectivity index (χ4v) is 1.98. The normalized spacial score (nSPS) is 13.3. The summed E-state index contributed by atoms with van der Waals surface area (Å²) in [5, 5.41) is 12.5. The molecule has 0 saturated carbocycles. The van der Waals surface area contributed by atoms with E-state index < -0.39 is 18.1 Å². The highest BCUT2D eigenvalue weighted by Gasteiger charge is 2.36. The van der Waals surface area contributed by atoms with Crippen molar-refractivity contribution in [2.24, 2.45) is 0 Å². The smallest absolute Gasteiger partial charge is 0.387 e. The van der Waals surface area contributed by atoms with Gasteiger partial charge >= 0.3 is 6.18 Å². The predicted octanol–water partition coefficient (Wildman–Crippen LogP) is 2.70. The number of halogens is 3. The summed E-state index contributed by atoms with van der Waals surface area (Å²) in [6.45, 7) is 0.0660. The summed E-state index contributed by atoms with van der Waals surface area (Å²) in [5.74, 6) is -1.17. The summed E-state index contributed by atoms with van der Waals surface area (Å²) in [6, 6.07) is 8.81. The van der Waals surface area contributed by atoms with Crippen LogP contribution >= 0.6 is 11.5 Å². The zero-order valence-electron chi connectivity index (χ0n) is 9.55. The first-order chi connectivity index (χ1) is 8.97. The lowest BCUT2D eigenvalue weighted by Crippen LogP contribution is -2.12. The molecule has 0 aliphatic rings. The van der Waals surface area contributed by atoms with E-state index in [1.54, 1.807) is 24.3 Å². The lowest BCUT2D eigenvalue weighted by Gasteiger charge is -2.10. The molecule has 102 valence electrons. The van der Waals surface area contributed by atoms with Crippen LogP contribution in [0.15, 0.2) is 30.3 Å². The zero-order chi connectivity index (χ0) is 13.9. The van der Waals surface area contributed by atoms with Gasteiger partial charge in [-0.25, -0.2) is 0 Å². The summed E-state index contributed by atoms with van der Waals surface area (Å²) in [6.07, 6.45) is -5.37. The maximum atomic E-state index is 12.3.